The van der Waals surface area contributed by atoms with E-state index in [1.807, 2.05) is 0 Å². The SMILES string of the molecule is O=C1C2C(c3cccc(F)c3)OC3(C(=O)c4ccccc4C3=O)C2C(=O)N1c1ccc(Br)cc1. The van der Waals surface area contributed by atoms with Gasteiger partial charge in [0.05, 0.1) is 23.6 Å². The largest absolute Gasteiger partial charge is 0.349 e. The van der Waals surface area contributed by atoms with Gasteiger partial charge in [0, 0.05) is 15.6 Å². The quantitative estimate of drug-likeness (QED) is 0.372. The van der Waals surface area contributed by atoms with Gasteiger partial charge < -0.3 is 4.74 Å². The molecule has 168 valence electrons. The molecule has 8 heteroatoms. The molecule has 0 bridgehead atoms. The zero-order chi connectivity index (χ0) is 23.8. The Morgan fingerprint density at radius 1 is 0.824 bits per heavy atom. The van der Waals surface area contributed by atoms with E-state index in [-0.39, 0.29) is 16.7 Å². The molecular weight excluding hydrogens is 505 g/mol. The van der Waals surface area contributed by atoms with Gasteiger partial charge >= 0.3 is 0 Å². The first-order chi connectivity index (χ1) is 16.3. The van der Waals surface area contributed by atoms with Crippen LogP contribution in [0.2, 0.25) is 0 Å². The van der Waals surface area contributed by atoms with Gasteiger partial charge in [-0.1, -0.05) is 52.3 Å². The molecule has 3 atom stereocenters. The van der Waals surface area contributed by atoms with Crippen molar-refractivity contribution in [2.75, 3.05) is 4.90 Å². The number of hydrogen-bond acceptors (Lipinski definition) is 5. The third kappa shape index (κ3) is 2.63. The lowest BCUT2D eigenvalue weighted by molar-refractivity contribution is -0.127. The Morgan fingerprint density at radius 3 is 2.09 bits per heavy atom. The molecule has 3 aliphatic rings. The third-order valence-electron chi connectivity index (χ3n) is 6.78. The number of amides is 2. The summed E-state index contributed by atoms with van der Waals surface area (Å²) in [5.74, 6) is -5.69. The summed E-state index contributed by atoms with van der Waals surface area (Å²) >= 11 is 3.33. The average molecular weight is 520 g/mol. The molecule has 0 aromatic heterocycles. The number of anilines is 1. The van der Waals surface area contributed by atoms with E-state index in [1.54, 1.807) is 42.5 Å². The first-order valence-corrected chi connectivity index (χ1v) is 11.4. The topological polar surface area (TPSA) is 80.8 Å². The van der Waals surface area contributed by atoms with Gasteiger partial charge in [-0.15, -0.1) is 0 Å². The van der Waals surface area contributed by atoms with Gasteiger partial charge in [0.25, 0.3) is 0 Å². The normalized spacial score (nSPS) is 24.8. The number of ether oxygens (including phenoxy) is 1. The maximum atomic E-state index is 14.1. The molecule has 2 saturated heterocycles. The van der Waals surface area contributed by atoms with Crippen molar-refractivity contribution in [1.82, 2.24) is 0 Å². The van der Waals surface area contributed by atoms with Gasteiger partial charge in [-0.05, 0) is 42.0 Å². The second kappa shape index (κ2) is 7.25. The van der Waals surface area contributed by atoms with Crippen molar-refractivity contribution >= 4 is 45.0 Å². The summed E-state index contributed by atoms with van der Waals surface area (Å²) < 4.78 is 21.0. The van der Waals surface area contributed by atoms with E-state index in [9.17, 15) is 23.6 Å². The van der Waals surface area contributed by atoms with Gasteiger partial charge in [-0.3, -0.25) is 19.2 Å². The molecular formula is C26H15BrFNO5. The molecule has 2 fully saturated rings. The van der Waals surface area contributed by atoms with Gasteiger partial charge in [0.2, 0.25) is 29.0 Å². The number of ketones is 2. The highest BCUT2D eigenvalue weighted by Crippen LogP contribution is 2.57. The Bertz CT molecular complexity index is 1380. The maximum absolute atomic E-state index is 14.1. The second-order valence-electron chi connectivity index (χ2n) is 8.52. The molecule has 6 rings (SSSR count). The van der Waals surface area contributed by atoms with Crippen molar-refractivity contribution in [2.24, 2.45) is 11.8 Å². The summed E-state index contributed by atoms with van der Waals surface area (Å²) in [4.78, 5) is 55.7. The molecule has 0 saturated carbocycles. The smallest absolute Gasteiger partial charge is 0.241 e. The molecule has 2 aliphatic heterocycles. The van der Waals surface area contributed by atoms with Gasteiger partial charge in [0.1, 0.15) is 5.82 Å². The van der Waals surface area contributed by atoms with E-state index in [0.29, 0.717) is 5.69 Å². The van der Waals surface area contributed by atoms with Crippen LogP contribution < -0.4 is 4.90 Å². The van der Waals surface area contributed by atoms with E-state index in [2.05, 4.69) is 15.9 Å². The van der Waals surface area contributed by atoms with Crippen LogP contribution in [0.15, 0.2) is 77.3 Å². The van der Waals surface area contributed by atoms with E-state index >= 15 is 0 Å². The summed E-state index contributed by atoms with van der Waals surface area (Å²) in [6.07, 6.45) is -1.15. The molecule has 3 aromatic carbocycles. The van der Waals surface area contributed by atoms with Crippen molar-refractivity contribution < 1.29 is 28.3 Å². The molecule has 1 aliphatic carbocycles. The van der Waals surface area contributed by atoms with Gasteiger partial charge in [-0.25, -0.2) is 9.29 Å². The summed E-state index contributed by atoms with van der Waals surface area (Å²) in [5.41, 5.74) is -1.29. The van der Waals surface area contributed by atoms with E-state index in [4.69, 9.17) is 4.74 Å². The Kier molecular flexibility index (Phi) is 4.49. The predicted molar refractivity (Wildman–Crippen MR) is 122 cm³/mol. The summed E-state index contributed by atoms with van der Waals surface area (Å²) in [6.45, 7) is 0. The lowest BCUT2D eigenvalue weighted by Gasteiger charge is -2.27. The molecule has 2 heterocycles. The van der Waals surface area contributed by atoms with Crippen molar-refractivity contribution in [3.05, 3.63) is 99.8 Å². The van der Waals surface area contributed by atoms with Crippen molar-refractivity contribution in [3.63, 3.8) is 0 Å². The molecule has 0 N–H and O–H groups in total. The van der Waals surface area contributed by atoms with Crippen LogP contribution in [0.1, 0.15) is 32.4 Å². The number of carbonyl (C=O) groups excluding carboxylic acids is 4. The zero-order valence-corrected chi connectivity index (χ0v) is 19.0. The van der Waals surface area contributed by atoms with Crippen molar-refractivity contribution in [2.45, 2.75) is 11.7 Å². The van der Waals surface area contributed by atoms with E-state index in [1.165, 1.54) is 30.3 Å². The number of rotatable bonds is 2. The van der Waals surface area contributed by atoms with E-state index in [0.717, 1.165) is 9.37 Å². The first-order valence-electron chi connectivity index (χ1n) is 10.6. The number of carbonyl (C=O) groups is 4. The molecule has 3 unspecified atom stereocenters. The molecule has 2 amide bonds. The maximum Gasteiger partial charge on any atom is 0.241 e. The minimum atomic E-state index is -2.18. The Hall–Kier alpha value is -3.49. The Labute approximate surface area is 201 Å². The molecule has 6 nitrogen and oxygen atoms in total. The minimum absolute atomic E-state index is 0.147. The third-order valence-corrected chi connectivity index (χ3v) is 7.31. The van der Waals surface area contributed by atoms with Crippen LogP contribution in [-0.4, -0.2) is 29.0 Å². The second-order valence-corrected chi connectivity index (χ2v) is 9.44. The monoisotopic (exact) mass is 519 g/mol. The highest BCUT2D eigenvalue weighted by atomic mass is 79.9. The predicted octanol–water partition coefficient (Wildman–Crippen LogP) is 4.28. The minimum Gasteiger partial charge on any atom is -0.349 e. The van der Waals surface area contributed by atoms with Crippen LogP contribution in [0, 0.1) is 17.7 Å². The molecule has 1 spiro atoms. The number of benzene rings is 3. The van der Waals surface area contributed by atoms with Crippen LogP contribution >= 0.6 is 15.9 Å². The zero-order valence-electron chi connectivity index (χ0n) is 17.4. The number of fused-ring (bicyclic) bond motifs is 3. The van der Waals surface area contributed by atoms with Crippen LogP contribution in [0.5, 0.6) is 0 Å². The van der Waals surface area contributed by atoms with E-state index < -0.39 is 52.7 Å². The summed E-state index contributed by atoms with van der Waals surface area (Å²) in [7, 11) is 0. The highest BCUT2D eigenvalue weighted by Gasteiger charge is 2.74. The number of Topliss-reactive ketones (excluding diaryl/α,β-unsaturated/α-hetero) is 2. The number of hydrogen-bond donors (Lipinski definition) is 0. The van der Waals surface area contributed by atoms with Crippen LogP contribution in [0.3, 0.4) is 0 Å². The molecule has 34 heavy (non-hydrogen) atoms. The standard InChI is InChI=1S/C26H15BrFNO5/c27-14-8-10-16(11-9-14)29-24(32)19-20(25(29)33)26(34-21(19)13-4-3-5-15(28)12-13)22(30)17-6-1-2-7-18(17)23(26)31/h1-12,19-21H. The summed E-state index contributed by atoms with van der Waals surface area (Å²) in [5, 5.41) is 0. The van der Waals surface area contributed by atoms with Gasteiger partial charge in [0.15, 0.2) is 0 Å². The lowest BCUT2D eigenvalue weighted by atomic mass is 9.77. The average Bonchev–Trinajstić information content (AvgIpc) is 3.40. The van der Waals surface area contributed by atoms with Gasteiger partial charge in [-0.2, -0.15) is 0 Å². The van der Waals surface area contributed by atoms with Crippen LogP contribution in [0.4, 0.5) is 10.1 Å². The number of nitrogens with zero attached hydrogens (tertiary/aromatic N) is 1. The Balaban J connectivity index is 1.55. The number of halogens is 2. The Morgan fingerprint density at radius 2 is 1.47 bits per heavy atom. The lowest BCUT2D eigenvalue weighted by Crippen LogP contribution is -2.51. The van der Waals surface area contributed by atoms with Crippen LogP contribution in [0.25, 0.3) is 0 Å². The summed E-state index contributed by atoms with van der Waals surface area (Å²) in [6, 6.07) is 18.3. The first kappa shape index (κ1) is 21.1. The molecule has 0 radical (unpaired) electrons. The van der Waals surface area contributed by atoms with Crippen LogP contribution in [-0.2, 0) is 14.3 Å². The fourth-order valence-corrected chi connectivity index (χ4v) is 5.61. The fraction of sp³-hybridized carbons (Fsp3) is 0.154. The van der Waals surface area contributed by atoms with Crippen molar-refractivity contribution in [3.8, 4) is 0 Å². The molecule has 3 aromatic rings. The number of imide groups is 1. The van der Waals surface area contributed by atoms with Crippen molar-refractivity contribution in [1.29, 1.82) is 0 Å². The fourth-order valence-electron chi connectivity index (χ4n) is 5.35. The highest BCUT2D eigenvalue weighted by molar-refractivity contribution is 9.10.